The normalized spacial score (nSPS) is 14.6. The minimum Gasteiger partial charge on any atom is -0.342 e. The third-order valence-electron chi connectivity index (χ3n) is 4.01. The van der Waals surface area contributed by atoms with Crippen LogP contribution in [0.25, 0.3) is 22.3 Å². The number of nitro groups is 1. The molecule has 0 aliphatic heterocycles. The molecule has 0 unspecified atom stereocenters. The Morgan fingerprint density at radius 3 is 2.77 bits per heavy atom. The fourth-order valence-corrected chi connectivity index (χ4v) is 2.80. The number of benzene rings is 1. The molecule has 1 aliphatic carbocycles. The van der Waals surface area contributed by atoms with Crippen molar-refractivity contribution in [2.75, 3.05) is 0 Å². The molecule has 0 radical (unpaired) electrons. The number of nitrogens with one attached hydrogen (secondary N) is 1. The molecule has 0 atom stereocenters. The van der Waals surface area contributed by atoms with Gasteiger partial charge in [-0.15, -0.1) is 5.10 Å². The van der Waals surface area contributed by atoms with Gasteiger partial charge in [-0.3, -0.25) is 10.1 Å². The summed E-state index contributed by atoms with van der Waals surface area (Å²) in [5.74, 6) is 1.26. The second-order valence-corrected chi connectivity index (χ2v) is 5.69. The Labute approximate surface area is 125 Å². The Bertz CT molecular complexity index is 886. The molecule has 1 aromatic carbocycles. The highest BCUT2D eigenvalue weighted by Crippen LogP contribution is 2.40. The topological polar surface area (TPSA) is 103 Å². The molecule has 1 N–H and O–H groups in total. The molecule has 22 heavy (non-hydrogen) atoms. The number of imidazole rings is 1. The van der Waals surface area contributed by atoms with E-state index in [1.54, 1.807) is 17.8 Å². The van der Waals surface area contributed by atoms with Gasteiger partial charge in [0.2, 0.25) is 0 Å². The van der Waals surface area contributed by atoms with Gasteiger partial charge in [-0.05, 0) is 25.8 Å². The van der Waals surface area contributed by atoms with E-state index >= 15 is 0 Å². The number of non-ortho nitro benzene ring substituents is 1. The van der Waals surface area contributed by atoms with E-state index in [1.165, 1.54) is 0 Å². The van der Waals surface area contributed by atoms with Crippen LogP contribution in [0.3, 0.4) is 0 Å². The number of rotatable bonds is 3. The molecule has 8 heteroatoms. The minimum absolute atomic E-state index is 0.0104. The number of hydrogen-bond acceptors (Lipinski definition) is 5. The molecular weight excluding hydrogens is 284 g/mol. The number of hydrogen-bond donors (Lipinski definition) is 1. The molecule has 1 fully saturated rings. The molecule has 0 amide bonds. The molecule has 112 valence electrons. The molecule has 1 aliphatic rings. The molecule has 0 spiro atoms. The summed E-state index contributed by atoms with van der Waals surface area (Å²) < 4.78 is 1.62. The van der Waals surface area contributed by atoms with E-state index in [0.717, 1.165) is 35.6 Å². The fraction of sp³-hybridized carbons (Fsp3) is 0.357. The fourth-order valence-electron chi connectivity index (χ4n) is 2.80. The first-order valence-electron chi connectivity index (χ1n) is 7.09. The van der Waals surface area contributed by atoms with Crippen molar-refractivity contribution in [3.05, 3.63) is 33.8 Å². The molecular formula is C14H14N6O2. The van der Waals surface area contributed by atoms with Crippen molar-refractivity contribution >= 4 is 16.7 Å². The largest absolute Gasteiger partial charge is 0.342 e. The molecule has 3 aromatic rings. The third kappa shape index (κ3) is 1.87. The Hall–Kier alpha value is -2.77. The van der Waals surface area contributed by atoms with Gasteiger partial charge < -0.3 is 4.98 Å². The Morgan fingerprint density at radius 1 is 1.41 bits per heavy atom. The van der Waals surface area contributed by atoms with Gasteiger partial charge in [-0.25, -0.2) is 9.67 Å². The van der Waals surface area contributed by atoms with Crippen LogP contribution in [0.1, 0.15) is 30.3 Å². The maximum absolute atomic E-state index is 11.4. The zero-order valence-corrected chi connectivity index (χ0v) is 12.2. The highest BCUT2D eigenvalue weighted by Gasteiger charge is 2.29. The number of nitro benzene ring substituents is 1. The first-order valence-corrected chi connectivity index (χ1v) is 7.09. The Kier molecular flexibility index (Phi) is 2.56. The van der Waals surface area contributed by atoms with Gasteiger partial charge in [0.25, 0.3) is 5.69 Å². The highest BCUT2D eigenvalue weighted by atomic mass is 16.6. The summed E-state index contributed by atoms with van der Waals surface area (Å²) in [6.07, 6.45) is 2.18. The molecule has 4 rings (SSSR count). The van der Waals surface area contributed by atoms with Crippen LogP contribution in [0.15, 0.2) is 12.1 Å². The summed E-state index contributed by atoms with van der Waals surface area (Å²) >= 11 is 0. The number of aryl methyl sites for hydroxylation is 2. The van der Waals surface area contributed by atoms with Gasteiger partial charge in [0.05, 0.1) is 21.8 Å². The lowest BCUT2D eigenvalue weighted by Gasteiger charge is -2.03. The van der Waals surface area contributed by atoms with Crippen LogP contribution in [-0.2, 0) is 7.05 Å². The van der Waals surface area contributed by atoms with Gasteiger partial charge in [0, 0.05) is 24.6 Å². The maximum Gasteiger partial charge on any atom is 0.297 e. The van der Waals surface area contributed by atoms with Crippen LogP contribution >= 0.6 is 0 Å². The van der Waals surface area contributed by atoms with E-state index in [9.17, 15) is 10.1 Å². The van der Waals surface area contributed by atoms with Gasteiger partial charge in [-0.1, -0.05) is 5.21 Å². The smallest absolute Gasteiger partial charge is 0.297 e. The van der Waals surface area contributed by atoms with Crippen LogP contribution in [0.5, 0.6) is 0 Å². The summed E-state index contributed by atoms with van der Waals surface area (Å²) in [6, 6.07) is 3.43. The van der Waals surface area contributed by atoms with Crippen LogP contribution < -0.4 is 0 Å². The second kappa shape index (κ2) is 4.36. The van der Waals surface area contributed by atoms with Crippen molar-refractivity contribution in [2.45, 2.75) is 25.7 Å². The molecule has 2 heterocycles. The van der Waals surface area contributed by atoms with E-state index < -0.39 is 0 Å². The number of nitrogens with zero attached hydrogens (tertiary/aromatic N) is 5. The molecule has 1 saturated carbocycles. The number of fused-ring (bicyclic) bond motifs is 1. The van der Waals surface area contributed by atoms with Crippen molar-refractivity contribution in [3.63, 3.8) is 0 Å². The van der Waals surface area contributed by atoms with Crippen molar-refractivity contribution < 1.29 is 4.92 Å². The zero-order chi connectivity index (χ0) is 15.4. The average Bonchev–Trinajstić information content (AvgIpc) is 3.15. The van der Waals surface area contributed by atoms with Gasteiger partial charge in [0.15, 0.2) is 5.52 Å². The summed E-state index contributed by atoms with van der Waals surface area (Å²) in [7, 11) is 1.77. The van der Waals surface area contributed by atoms with Crippen LogP contribution in [0, 0.1) is 17.0 Å². The van der Waals surface area contributed by atoms with Crippen LogP contribution in [0.4, 0.5) is 5.69 Å². The van der Waals surface area contributed by atoms with Crippen molar-refractivity contribution in [3.8, 4) is 11.3 Å². The first-order chi connectivity index (χ1) is 10.5. The minimum atomic E-state index is -0.386. The molecule has 0 bridgehead atoms. The lowest BCUT2D eigenvalue weighted by Crippen LogP contribution is -1.96. The number of aromatic amines is 1. The molecule has 0 saturated heterocycles. The third-order valence-corrected chi connectivity index (χ3v) is 4.01. The summed E-state index contributed by atoms with van der Waals surface area (Å²) in [5.41, 5.74) is 3.34. The van der Waals surface area contributed by atoms with Gasteiger partial charge in [-0.2, -0.15) is 0 Å². The highest BCUT2D eigenvalue weighted by molar-refractivity contribution is 5.90. The van der Waals surface area contributed by atoms with E-state index in [-0.39, 0.29) is 10.6 Å². The number of aromatic nitrogens is 5. The first kappa shape index (κ1) is 12.9. The quantitative estimate of drug-likeness (QED) is 0.591. The van der Waals surface area contributed by atoms with E-state index in [1.807, 2.05) is 13.0 Å². The number of H-pyrrole nitrogens is 1. The lowest BCUT2D eigenvalue weighted by molar-refractivity contribution is -0.383. The maximum atomic E-state index is 11.4. The summed E-state index contributed by atoms with van der Waals surface area (Å²) in [4.78, 5) is 18.7. The standard InChI is InChI=1S/C14H14N6O2/c1-7-13(19(2)18-17-7)9-5-10-12(11(6-9)20(21)22)16-14(15-10)8-3-4-8/h5-6,8H,3-4H2,1-2H3,(H,15,16). The average molecular weight is 298 g/mol. The van der Waals surface area contributed by atoms with Crippen molar-refractivity contribution in [1.82, 2.24) is 25.0 Å². The molecule has 2 aromatic heterocycles. The van der Waals surface area contributed by atoms with Crippen LogP contribution in [0.2, 0.25) is 0 Å². The second-order valence-electron chi connectivity index (χ2n) is 5.69. The zero-order valence-electron chi connectivity index (χ0n) is 12.2. The predicted octanol–water partition coefficient (Wildman–Crippen LogP) is 2.45. The lowest BCUT2D eigenvalue weighted by atomic mass is 10.1. The van der Waals surface area contributed by atoms with E-state index in [4.69, 9.17) is 0 Å². The summed E-state index contributed by atoms with van der Waals surface area (Å²) in [5, 5.41) is 19.4. The van der Waals surface area contributed by atoms with Crippen molar-refractivity contribution in [1.29, 1.82) is 0 Å². The van der Waals surface area contributed by atoms with Gasteiger partial charge in [0.1, 0.15) is 5.82 Å². The SMILES string of the molecule is Cc1nnn(C)c1-c1cc([N+](=O)[O-])c2nc(C3CC3)[nH]c2c1. The van der Waals surface area contributed by atoms with Crippen molar-refractivity contribution in [2.24, 2.45) is 7.05 Å². The summed E-state index contributed by atoms with van der Waals surface area (Å²) in [6.45, 7) is 1.83. The molecule has 8 nitrogen and oxygen atoms in total. The van der Waals surface area contributed by atoms with Gasteiger partial charge >= 0.3 is 0 Å². The monoisotopic (exact) mass is 298 g/mol. The Morgan fingerprint density at radius 2 is 2.18 bits per heavy atom. The predicted molar refractivity (Wildman–Crippen MR) is 79.5 cm³/mol. The van der Waals surface area contributed by atoms with E-state index in [0.29, 0.717) is 17.0 Å². The van der Waals surface area contributed by atoms with E-state index in [2.05, 4.69) is 20.3 Å². The van der Waals surface area contributed by atoms with Crippen LogP contribution in [-0.4, -0.2) is 29.9 Å². The Balaban J connectivity index is 1.98.